The molecule has 0 bridgehead atoms. The minimum absolute atomic E-state index is 0.455. The van der Waals surface area contributed by atoms with E-state index in [2.05, 4.69) is 46.9 Å². The van der Waals surface area contributed by atoms with E-state index in [0.717, 1.165) is 24.0 Å². The fourth-order valence-electron chi connectivity index (χ4n) is 2.72. The molecule has 2 nitrogen and oxygen atoms in total. The lowest BCUT2D eigenvalue weighted by Gasteiger charge is -2.20. The van der Waals surface area contributed by atoms with Crippen molar-refractivity contribution in [3.8, 4) is 0 Å². The molecule has 1 atom stereocenters. The van der Waals surface area contributed by atoms with Crippen molar-refractivity contribution < 1.29 is 4.42 Å². The molecule has 0 aromatic carbocycles. The van der Waals surface area contributed by atoms with Crippen molar-refractivity contribution in [2.24, 2.45) is 5.92 Å². The summed E-state index contributed by atoms with van der Waals surface area (Å²) >= 11 is 0. The Morgan fingerprint density at radius 1 is 1.05 bits per heavy atom. The SMILES string of the molecule is CCCNC(CCCC(C)C)c1c(C)oc(C)c1C. The molecule has 0 saturated carbocycles. The largest absolute Gasteiger partial charge is 0.466 e. The van der Waals surface area contributed by atoms with Crippen LogP contribution in [0.3, 0.4) is 0 Å². The maximum Gasteiger partial charge on any atom is 0.106 e. The van der Waals surface area contributed by atoms with E-state index in [4.69, 9.17) is 4.42 Å². The lowest BCUT2D eigenvalue weighted by Crippen LogP contribution is -2.23. The van der Waals surface area contributed by atoms with Crippen LogP contribution >= 0.6 is 0 Å². The van der Waals surface area contributed by atoms with Crippen LogP contribution in [-0.4, -0.2) is 6.54 Å². The molecule has 2 heteroatoms. The van der Waals surface area contributed by atoms with E-state index in [1.54, 1.807) is 0 Å². The molecule has 0 aliphatic rings. The Labute approximate surface area is 119 Å². The summed E-state index contributed by atoms with van der Waals surface area (Å²) in [5, 5.41) is 3.69. The quantitative estimate of drug-likeness (QED) is 0.709. The number of rotatable bonds is 8. The lowest BCUT2D eigenvalue weighted by atomic mass is 9.95. The highest BCUT2D eigenvalue weighted by atomic mass is 16.3. The van der Waals surface area contributed by atoms with E-state index in [1.807, 2.05) is 0 Å². The molecule has 1 aromatic rings. The maximum absolute atomic E-state index is 5.79. The molecule has 1 aromatic heterocycles. The topological polar surface area (TPSA) is 25.2 Å². The Hall–Kier alpha value is -0.760. The van der Waals surface area contributed by atoms with Gasteiger partial charge in [-0.25, -0.2) is 0 Å². The van der Waals surface area contributed by atoms with Gasteiger partial charge in [0.2, 0.25) is 0 Å². The first kappa shape index (κ1) is 16.3. The summed E-state index contributed by atoms with van der Waals surface area (Å²) < 4.78 is 5.79. The van der Waals surface area contributed by atoms with Crippen molar-refractivity contribution in [1.29, 1.82) is 0 Å². The van der Waals surface area contributed by atoms with Gasteiger partial charge in [0.05, 0.1) is 0 Å². The average molecular weight is 265 g/mol. The molecule has 1 rings (SSSR count). The number of nitrogens with one attached hydrogen (secondary N) is 1. The van der Waals surface area contributed by atoms with E-state index in [1.165, 1.54) is 36.8 Å². The fraction of sp³-hybridized carbons (Fsp3) is 0.765. The Bertz CT molecular complexity index is 379. The van der Waals surface area contributed by atoms with E-state index in [9.17, 15) is 0 Å². The molecular weight excluding hydrogens is 234 g/mol. The van der Waals surface area contributed by atoms with Crippen molar-refractivity contribution >= 4 is 0 Å². The van der Waals surface area contributed by atoms with Crippen LogP contribution in [0.2, 0.25) is 0 Å². The smallest absolute Gasteiger partial charge is 0.106 e. The minimum atomic E-state index is 0.455. The molecule has 1 N–H and O–H groups in total. The first-order valence-electron chi connectivity index (χ1n) is 7.77. The molecule has 19 heavy (non-hydrogen) atoms. The van der Waals surface area contributed by atoms with E-state index in [0.29, 0.717) is 6.04 Å². The molecule has 0 radical (unpaired) electrons. The van der Waals surface area contributed by atoms with Gasteiger partial charge in [-0.1, -0.05) is 33.6 Å². The third-order valence-electron chi connectivity index (χ3n) is 3.88. The predicted octanol–water partition coefficient (Wildman–Crippen LogP) is 5.07. The Balaban J connectivity index is 2.77. The van der Waals surface area contributed by atoms with Crippen LogP contribution in [-0.2, 0) is 0 Å². The van der Waals surface area contributed by atoms with Gasteiger partial charge in [0.25, 0.3) is 0 Å². The number of furan rings is 1. The predicted molar refractivity (Wildman–Crippen MR) is 82.6 cm³/mol. The zero-order valence-electron chi connectivity index (χ0n) is 13.6. The van der Waals surface area contributed by atoms with Crippen molar-refractivity contribution in [3.05, 3.63) is 22.6 Å². The van der Waals surface area contributed by atoms with Crippen molar-refractivity contribution in [3.63, 3.8) is 0 Å². The van der Waals surface area contributed by atoms with Gasteiger partial charge in [0.15, 0.2) is 0 Å². The van der Waals surface area contributed by atoms with E-state index in [-0.39, 0.29) is 0 Å². The Morgan fingerprint density at radius 3 is 2.21 bits per heavy atom. The minimum Gasteiger partial charge on any atom is -0.466 e. The second-order valence-corrected chi connectivity index (χ2v) is 6.08. The van der Waals surface area contributed by atoms with Crippen LogP contribution < -0.4 is 5.32 Å². The van der Waals surface area contributed by atoms with E-state index >= 15 is 0 Å². The van der Waals surface area contributed by atoms with Crippen molar-refractivity contribution in [2.45, 2.75) is 73.3 Å². The Kier molecular flexibility index (Phi) is 6.64. The third-order valence-corrected chi connectivity index (χ3v) is 3.88. The molecule has 1 heterocycles. The first-order valence-corrected chi connectivity index (χ1v) is 7.77. The summed E-state index contributed by atoms with van der Waals surface area (Å²) in [4.78, 5) is 0. The summed E-state index contributed by atoms with van der Waals surface area (Å²) in [5.41, 5.74) is 2.73. The summed E-state index contributed by atoms with van der Waals surface area (Å²) in [5.74, 6) is 2.95. The number of hydrogen-bond donors (Lipinski definition) is 1. The monoisotopic (exact) mass is 265 g/mol. The highest BCUT2D eigenvalue weighted by molar-refractivity contribution is 5.34. The molecule has 0 fully saturated rings. The summed E-state index contributed by atoms with van der Waals surface area (Å²) in [7, 11) is 0. The fourth-order valence-corrected chi connectivity index (χ4v) is 2.72. The molecule has 0 amide bonds. The van der Waals surface area contributed by atoms with Gasteiger partial charge < -0.3 is 9.73 Å². The maximum atomic E-state index is 5.79. The van der Waals surface area contributed by atoms with Crippen LogP contribution in [0.5, 0.6) is 0 Å². The highest BCUT2D eigenvalue weighted by Gasteiger charge is 2.20. The lowest BCUT2D eigenvalue weighted by molar-refractivity contribution is 0.436. The first-order chi connectivity index (χ1) is 8.97. The second-order valence-electron chi connectivity index (χ2n) is 6.08. The molecular formula is C17H31NO. The molecule has 1 unspecified atom stereocenters. The number of hydrogen-bond acceptors (Lipinski definition) is 2. The van der Waals surface area contributed by atoms with Crippen molar-refractivity contribution in [2.75, 3.05) is 6.54 Å². The second kappa shape index (κ2) is 7.74. The van der Waals surface area contributed by atoms with Crippen LogP contribution in [0.15, 0.2) is 4.42 Å². The van der Waals surface area contributed by atoms with Crippen LogP contribution in [0.25, 0.3) is 0 Å². The van der Waals surface area contributed by atoms with E-state index < -0.39 is 0 Å². The van der Waals surface area contributed by atoms with Gasteiger partial charge in [-0.2, -0.15) is 0 Å². The zero-order valence-corrected chi connectivity index (χ0v) is 13.6. The van der Waals surface area contributed by atoms with Gasteiger partial charge >= 0.3 is 0 Å². The van der Waals surface area contributed by atoms with Crippen molar-refractivity contribution in [1.82, 2.24) is 5.32 Å². The normalized spacial score (nSPS) is 13.2. The summed E-state index contributed by atoms with van der Waals surface area (Å²) in [6.45, 7) is 14.2. The van der Waals surface area contributed by atoms with Gasteiger partial charge in [-0.05, 0) is 51.6 Å². The summed E-state index contributed by atoms with van der Waals surface area (Å²) in [6, 6.07) is 0.455. The van der Waals surface area contributed by atoms with Crippen LogP contribution in [0, 0.1) is 26.7 Å². The Morgan fingerprint density at radius 2 is 1.74 bits per heavy atom. The van der Waals surface area contributed by atoms with Gasteiger partial charge in [-0.3, -0.25) is 0 Å². The third kappa shape index (κ3) is 4.68. The molecule has 110 valence electrons. The molecule has 0 aliphatic carbocycles. The average Bonchev–Trinajstić information content (AvgIpc) is 2.58. The molecule has 0 spiro atoms. The highest BCUT2D eigenvalue weighted by Crippen LogP contribution is 2.30. The van der Waals surface area contributed by atoms with Gasteiger partial charge in [0, 0.05) is 11.6 Å². The molecule has 0 saturated heterocycles. The van der Waals surface area contributed by atoms with Crippen LogP contribution in [0.4, 0.5) is 0 Å². The van der Waals surface area contributed by atoms with Gasteiger partial charge in [0.1, 0.15) is 11.5 Å². The van der Waals surface area contributed by atoms with Crippen LogP contribution in [0.1, 0.15) is 75.1 Å². The van der Waals surface area contributed by atoms with Gasteiger partial charge in [-0.15, -0.1) is 0 Å². The standard InChI is InChI=1S/C17H31NO/c1-7-11-18-16(10-8-9-12(2)3)17-13(4)14(5)19-15(17)6/h12,16,18H,7-11H2,1-6H3. The zero-order chi connectivity index (χ0) is 14.4. The summed E-state index contributed by atoms with van der Waals surface area (Å²) in [6.07, 6.45) is 4.97. The molecule has 0 aliphatic heterocycles. The number of aryl methyl sites for hydroxylation is 2.